The molecule has 0 saturated carbocycles. The van der Waals surface area contributed by atoms with Gasteiger partial charge in [0.2, 0.25) is 0 Å². The molecule has 0 amide bonds. The van der Waals surface area contributed by atoms with Crippen LogP contribution in [-0.4, -0.2) is 4.98 Å². The second kappa shape index (κ2) is 7.38. The van der Waals surface area contributed by atoms with Crippen LogP contribution in [0.4, 0.5) is 0 Å². The van der Waals surface area contributed by atoms with Crippen LogP contribution in [0.2, 0.25) is 5.02 Å². The van der Waals surface area contributed by atoms with Crippen LogP contribution >= 0.6 is 11.6 Å². The summed E-state index contributed by atoms with van der Waals surface area (Å²) in [5.41, 5.74) is 8.92. The molecule has 2 heteroatoms. The van der Waals surface area contributed by atoms with Gasteiger partial charge in [-0.25, -0.2) is 4.98 Å². The zero-order valence-electron chi connectivity index (χ0n) is 15.4. The summed E-state index contributed by atoms with van der Waals surface area (Å²) in [5, 5.41) is 0.741. The number of hydrogen-bond donors (Lipinski definition) is 0. The molecule has 0 atom stereocenters. The Kier molecular flexibility index (Phi) is 4.79. The van der Waals surface area contributed by atoms with E-state index in [0.29, 0.717) is 0 Å². The number of aryl methyl sites for hydroxylation is 2. The Balaban J connectivity index is 1.89. The van der Waals surface area contributed by atoms with Gasteiger partial charge in [-0.3, -0.25) is 0 Å². The fourth-order valence-electron chi connectivity index (χ4n) is 3.08. The molecule has 0 spiro atoms. The SMILES string of the molecule is Cc1ccc(-c2cc(-c3ccc(Cl)cc3)cc(-c3ccc(C)cc3)n2)cc1. The third kappa shape index (κ3) is 3.94. The fraction of sp³-hybridized carbons (Fsp3) is 0.0800. The van der Waals surface area contributed by atoms with E-state index in [-0.39, 0.29) is 0 Å². The molecule has 4 aromatic rings. The Bertz CT molecular complexity index is 909. The van der Waals surface area contributed by atoms with E-state index in [9.17, 15) is 0 Å². The Hall–Kier alpha value is -2.90. The molecule has 4 rings (SSSR count). The summed E-state index contributed by atoms with van der Waals surface area (Å²) in [6.45, 7) is 4.19. The summed E-state index contributed by atoms with van der Waals surface area (Å²) >= 11 is 6.07. The minimum atomic E-state index is 0.741. The van der Waals surface area contributed by atoms with Gasteiger partial charge in [-0.2, -0.15) is 0 Å². The van der Waals surface area contributed by atoms with E-state index >= 15 is 0 Å². The average molecular weight is 370 g/mol. The molecular weight excluding hydrogens is 350 g/mol. The van der Waals surface area contributed by atoms with Crippen molar-refractivity contribution < 1.29 is 0 Å². The molecule has 0 N–H and O–H groups in total. The minimum absolute atomic E-state index is 0.741. The van der Waals surface area contributed by atoms with E-state index in [0.717, 1.165) is 38.7 Å². The molecule has 27 heavy (non-hydrogen) atoms. The topological polar surface area (TPSA) is 12.9 Å². The van der Waals surface area contributed by atoms with Crippen LogP contribution in [0.25, 0.3) is 33.6 Å². The molecule has 0 saturated heterocycles. The van der Waals surface area contributed by atoms with Gasteiger partial charge in [-0.1, -0.05) is 83.4 Å². The predicted molar refractivity (Wildman–Crippen MR) is 115 cm³/mol. The van der Waals surface area contributed by atoms with Gasteiger partial charge >= 0.3 is 0 Å². The first-order valence-corrected chi connectivity index (χ1v) is 9.38. The number of halogens is 1. The van der Waals surface area contributed by atoms with Crippen molar-refractivity contribution >= 4 is 11.6 Å². The molecule has 1 aromatic heterocycles. The summed E-state index contributed by atoms with van der Waals surface area (Å²) in [6, 6.07) is 29.2. The minimum Gasteiger partial charge on any atom is -0.248 e. The molecule has 0 fully saturated rings. The highest BCUT2D eigenvalue weighted by Crippen LogP contribution is 2.31. The van der Waals surface area contributed by atoms with E-state index in [4.69, 9.17) is 16.6 Å². The van der Waals surface area contributed by atoms with Gasteiger partial charge in [0.15, 0.2) is 0 Å². The van der Waals surface area contributed by atoms with E-state index < -0.39 is 0 Å². The Morgan fingerprint density at radius 2 is 0.926 bits per heavy atom. The van der Waals surface area contributed by atoms with E-state index in [1.807, 2.05) is 12.1 Å². The molecule has 0 unspecified atom stereocenters. The summed E-state index contributed by atoms with van der Waals surface area (Å²) in [5.74, 6) is 0. The highest BCUT2D eigenvalue weighted by molar-refractivity contribution is 6.30. The number of nitrogens with zero attached hydrogens (tertiary/aromatic N) is 1. The second-order valence-corrected chi connectivity index (χ2v) is 7.30. The number of benzene rings is 3. The first kappa shape index (κ1) is 17.5. The lowest BCUT2D eigenvalue weighted by molar-refractivity contribution is 1.31. The van der Waals surface area contributed by atoms with Crippen LogP contribution < -0.4 is 0 Å². The molecule has 0 radical (unpaired) electrons. The van der Waals surface area contributed by atoms with Gasteiger partial charge < -0.3 is 0 Å². The molecule has 132 valence electrons. The molecular formula is C25H20ClN. The molecule has 0 bridgehead atoms. The van der Waals surface area contributed by atoms with Crippen LogP contribution in [0.5, 0.6) is 0 Å². The molecule has 3 aromatic carbocycles. The standard InChI is InChI=1S/C25H20ClN/c1-17-3-7-20(8-4-17)24-15-22(19-11-13-23(26)14-12-19)16-25(27-24)21-9-5-18(2)6-10-21/h3-16H,1-2H3. The van der Waals surface area contributed by atoms with Gasteiger partial charge in [-0.05, 0) is 49.2 Å². The maximum absolute atomic E-state index is 6.07. The van der Waals surface area contributed by atoms with Gasteiger partial charge in [0.1, 0.15) is 0 Å². The number of aromatic nitrogens is 1. The van der Waals surface area contributed by atoms with E-state index in [1.165, 1.54) is 11.1 Å². The van der Waals surface area contributed by atoms with Crippen LogP contribution in [0.1, 0.15) is 11.1 Å². The lowest BCUT2D eigenvalue weighted by Gasteiger charge is -2.11. The van der Waals surface area contributed by atoms with Crippen LogP contribution in [0.3, 0.4) is 0 Å². The maximum atomic E-state index is 6.07. The predicted octanol–water partition coefficient (Wildman–Crippen LogP) is 7.35. The quantitative estimate of drug-likeness (QED) is 0.367. The lowest BCUT2D eigenvalue weighted by atomic mass is 9.99. The highest BCUT2D eigenvalue weighted by Gasteiger charge is 2.09. The third-order valence-electron chi connectivity index (χ3n) is 4.70. The zero-order chi connectivity index (χ0) is 18.8. The van der Waals surface area contributed by atoms with Crippen molar-refractivity contribution in [2.75, 3.05) is 0 Å². The van der Waals surface area contributed by atoms with Crippen molar-refractivity contribution in [3.8, 4) is 33.6 Å². The van der Waals surface area contributed by atoms with Crippen LogP contribution in [0, 0.1) is 13.8 Å². The van der Waals surface area contributed by atoms with Crippen LogP contribution in [0.15, 0.2) is 84.9 Å². The molecule has 1 heterocycles. The average Bonchev–Trinajstić information content (AvgIpc) is 2.69. The summed E-state index contributed by atoms with van der Waals surface area (Å²) in [6.07, 6.45) is 0. The van der Waals surface area contributed by atoms with Crippen molar-refractivity contribution in [3.05, 3.63) is 101 Å². The van der Waals surface area contributed by atoms with Crippen molar-refractivity contribution in [3.63, 3.8) is 0 Å². The van der Waals surface area contributed by atoms with Crippen molar-refractivity contribution in [1.29, 1.82) is 0 Å². The van der Waals surface area contributed by atoms with E-state index in [1.54, 1.807) is 0 Å². The summed E-state index contributed by atoms with van der Waals surface area (Å²) in [4.78, 5) is 4.95. The van der Waals surface area contributed by atoms with Crippen LogP contribution in [-0.2, 0) is 0 Å². The smallest absolute Gasteiger partial charge is 0.0715 e. The second-order valence-electron chi connectivity index (χ2n) is 6.87. The van der Waals surface area contributed by atoms with Gasteiger partial charge in [0.25, 0.3) is 0 Å². The van der Waals surface area contributed by atoms with Gasteiger partial charge in [-0.15, -0.1) is 0 Å². The first-order valence-electron chi connectivity index (χ1n) is 9.00. The Morgan fingerprint density at radius 3 is 1.37 bits per heavy atom. The third-order valence-corrected chi connectivity index (χ3v) is 4.95. The normalized spacial score (nSPS) is 10.8. The van der Waals surface area contributed by atoms with Crippen molar-refractivity contribution in [2.45, 2.75) is 13.8 Å². The molecule has 0 aliphatic heterocycles. The van der Waals surface area contributed by atoms with E-state index in [2.05, 4.69) is 86.6 Å². The van der Waals surface area contributed by atoms with Gasteiger partial charge in [0, 0.05) is 16.1 Å². The number of rotatable bonds is 3. The molecule has 0 aliphatic rings. The molecule has 0 aliphatic carbocycles. The number of hydrogen-bond acceptors (Lipinski definition) is 1. The van der Waals surface area contributed by atoms with Crippen molar-refractivity contribution in [2.24, 2.45) is 0 Å². The zero-order valence-corrected chi connectivity index (χ0v) is 16.2. The first-order chi connectivity index (χ1) is 13.1. The van der Waals surface area contributed by atoms with Gasteiger partial charge in [0.05, 0.1) is 11.4 Å². The fourth-order valence-corrected chi connectivity index (χ4v) is 3.21. The molecule has 1 nitrogen and oxygen atoms in total. The monoisotopic (exact) mass is 369 g/mol. The maximum Gasteiger partial charge on any atom is 0.0715 e. The van der Waals surface area contributed by atoms with Crippen molar-refractivity contribution in [1.82, 2.24) is 4.98 Å². The Labute approximate surface area is 165 Å². The Morgan fingerprint density at radius 1 is 0.519 bits per heavy atom. The lowest BCUT2D eigenvalue weighted by Crippen LogP contribution is -1.91. The largest absolute Gasteiger partial charge is 0.248 e. The summed E-state index contributed by atoms with van der Waals surface area (Å²) < 4.78 is 0. The highest BCUT2D eigenvalue weighted by atomic mass is 35.5. The summed E-state index contributed by atoms with van der Waals surface area (Å²) in [7, 11) is 0. The number of pyridine rings is 1.